The molecular weight excluding hydrogens is 262 g/mol. The van der Waals surface area contributed by atoms with Gasteiger partial charge in [-0.05, 0) is 12.1 Å². The van der Waals surface area contributed by atoms with E-state index in [-0.39, 0.29) is 0 Å². The zero-order valence-corrected chi connectivity index (χ0v) is 11.2. The summed E-state index contributed by atoms with van der Waals surface area (Å²) in [6.45, 7) is 1.21. The second kappa shape index (κ2) is 5.44. The predicted molar refractivity (Wildman–Crippen MR) is 70.1 cm³/mol. The molecule has 1 aromatic rings. The third kappa shape index (κ3) is 2.74. The van der Waals surface area contributed by atoms with E-state index in [9.17, 15) is 8.42 Å². The molecule has 0 unspecified atom stereocenters. The van der Waals surface area contributed by atoms with E-state index in [0.29, 0.717) is 18.0 Å². The lowest BCUT2D eigenvalue weighted by Gasteiger charge is -2.19. The molecule has 0 radical (unpaired) electrons. The van der Waals surface area contributed by atoms with Crippen LogP contribution in [0.3, 0.4) is 0 Å². The van der Waals surface area contributed by atoms with Crippen LogP contribution in [0.15, 0.2) is 35.2 Å². The van der Waals surface area contributed by atoms with Gasteiger partial charge >= 0.3 is 0 Å². The molecule has 0 bridgehead atoms. The molecule has 0 N–H and O–H groups in total. The van der Waals surface area contributed by atoms with Gasteiger partial charge in [0, 0.05) is 24.6 Å². The molecule has 1 aliphatic heterocycles. The van der Waals surface area contributed by atoms with E-state index in [0.717, 1.165) is 11.5 Å². The van der Waals surface area contributed by atoms with Gasteiger partial charge < -0.3 is 0 Å². The van der Waals surface area contributed by atoms with Crippen molar-refractivity contribution in [1.82, 2.24) is 4.31 Å². The fourth-order valence-electron chi connectivity index (χ4n) is 1.49. The summed E-state index contributed by atoms with van der Waals surface area (Å²) in [5, 5.41) is 0. The number of nitrogens with zero attached hydrogens (tertiary/aromatic N) is 1. The number of rotatable bonds is 2. The van der Waals surface area contributed by atoms with Crippen molar-refractivity contribution in [3.05, 3.63) is 30.3 Å². The van der Waals surface area contributed by atoms with Crippen molar-refractivity contribution in [3.8, 4) is 0 Å². The van der Waals surface area contributed by atoms with Gasteiger partial charge in [0.15, 0.2) is 0 Å². The Bertz CT molecular complexity index is 425. The summed E-state index contributed by atoms with van der Waals surface area (Å²) in [5.41, 5.74) is 0. The first kappa shape index (κ1) is 12.3. The van der Waals surface area contributed by atoms with Crippen molar-refractivity contribution in [2.45, 2.75) is 4.90 Å². The lowest BCUT2D eigenvalue weighted by molar-refractivity contribution is 0.451. The molecule has 0 amide bonds. The molecule has 1 aliphatic rings. The van der Waals surface area contributed by atoms with E-state index in [2.05, 4.69) is 0 Å². The lowest BCUT2D eigenvalue weighted by Crippen LogP contribution is -2.33. The summed E-state index contributed by atoms with van der Waals surface area (Å²) in [6, 6.07) is 8.65. The molecule has 1 saturated heterocycles. The molecular formula is C10H13NO2S3. The van der Waals surface area contributed by atoms with E-state index in [4.69, 9.17) is 0 Å². The monoisotopic (exact) mass is 275 g/mol. The van der Waals surface area contributed by atoms with Crippen molar-refractivity contribution in [2.75, 3.05) is 24.6 Å². The molecule has 2 rings (SSSR count). The normalized spacial score (nSPS) is 19.2. The standard InChI is InChI=1S/C10H13NO2S3/c12-16(13,10-4-2-1-3-5-10)11-6-8-14-15-9-7-11/h1-5H,6-9H2. The Hall–Kier alpha value is -0.170. The van der Waals surface area contributed by atoms with E-state index in [1.54, 1.807) is 50.2 Å². The highest BCUT2D eigenvalue weighted by atomic mass is 33.1. The third-order valence-corrected chi connectivity index (χ3v) is 6.59. The van der Waals surface area contributed by atoms with E-state index in [1.165, 1.54) is 0 Å². The highest BCUT2D eigenvalue weighted by molar-refractivity contribution is 8.76. The molecule has 0 aliphatic carbocycles. The van der Waals surface area contributed by atoms with Gasteiger partial charge in [-0.15, -0.1) is 0 Å². The van der Waals surface area contributed by atoms with Crippen molar-refractivity contribution in [2.24, 2.45) is 0 Å². The van der Waals surface area contributed by atoms with Crippen LogP contribution in [0.1, 0.15) is 0 Å². The van der Waals surface area contributed by atoms with Crippen molar-refractivity contribution >= 4 is 31.6 Å². The molecule has 1 heterocycles. The van der Waals surface area contributed by atoms with Gasteiger partial charge in [0.25, 0.3) is 0 Å². The fraction of sp³-hybridized carbons (Fsp3) is 0.400. The Labute approximate surface area is 104 Å². The summed E-state index contributed by atoms with van der Waals surface area (Å²) in [6.07, 6.45) is 0. The number of hydrogen-bond donors (Lipinski definition) is 0. The molecule has 3 nitrogen and oxygen atoms in total. The summed E-state index contributed by atoms with van der Waals surface area (Å²) in [4.78, 5) is 0.395. The number of hydrogen-bond acceptors (Lipinski definition) is 4. The summed E-state index contributed by atoms with van der Waals surface area (Å²) in [5.74, 6) is 1.72. The van der Waals surface area contributed by atoms with Crippen LogP contribution < -0.4 is 0 Å². The number of benzene rings is 1. The lowest BCUT2D eigenvalue weighted by atomic mass is 10.4. The zero-order chi connectivity index (χ0) is 11.4. The Morgan fingerprint density at radius 3 is 2.12 bits per heavy atom. The second-order valence-corrected chi connectivity index (χ2v) is 8.00. The quantitative estimate of drug-likeness (QED) is 0.774. The van der Waals surface area contributed by atoms with Crippen molar-refractivity contribution in [1.29, 1.82) is 0 Å². The fourth-order valence-corrected chi connectivity index (χ4v) is 5.16. The van der Waals surface area contributed by atoms with Crippen LogP contribution in [0, 0.1) is 0 Å². The Morgan fingerprint density at radius 1 is 1.00 bits per heavy atom. The van der Waals surface area contributed by atoms with E-state index >= 15 is 0 Å². The van der Waals surface area contributed by atoms with Gasteiger partial charge in [0.05, 0.1) is 4.90 Å². The molecule has 16 heavy (non-hydrogen) atoms. The van der Waals surface area contributed by atoms with Crippen LogP contribution >= 0.6 is 21.6 Å². The summed E-state index contributed by atoms with van der Waals surface area (Å²) in [7, 11) is 0.204. The van der Waals surface area contributed by atoms with Gasteiger partial charge in [0.2, 0.25) is 10.0 Å². The highest BCUT2D eigenvalue weighted by Crippen LogP contribution is 2.26. The summed E-state index contributed by atoms with van der Waals surface area (Å²) < 4.78 is 26.1. The predicted octanol–water partition coefficient (Wildman–Crippen LogP) is 2.07. The molecule has 6 heteroatoms. The first-order valence-electron chi connectivity index (χ1n) is 5.01. The van der Waals surface area contributed by atoms with Crippen LogP contribution in [-0.2, 0) is 10.0 Å². The molecule has 88 valence electrons. The Balaban J connectivity index is 2.24. The van der Waals surface area contributed by atoms with Crippen molar-refractivity contribution < 1.29 is 8.42 Å². The van der Waals surface area contributed by atoms with Crippen molar-refractivity contribution in [3.63, 3.8) is 0 Å². The maximum absolute atomic E-state index is 12.2. The minimum atomic E-state index is -3.28. The van der Waals surface area contributed by atoms with Gasteiger partial charge in [-0.2, -0.15) is 4.31 Å². The van der Waals surface area contributed by atoms with Crippen LogP contribution in [0.5, 0.6) is 0 Å². The molecule has 0 spiro atoms. The Morgan fingerprint density at radius 2 is 1.56 bits per heavy atom. The van der Waals surface area contributed by atoms with Gasteiger partial charge in [-0.1, -0.05) is 39.8 Å². The maximum Gasteiger partial charge on any atom is 0.243 e. The van der Waals surface area contributed by atoms with Gasteiger partial charge in [-0.3, -0.25) is 0 Å². The highest BCUT2D eigenvalue weighted by Gasteiger charge is 2.24. The summed E-state index contributed by atoms with van der Waals surface area (Å²) >= 11 is 0. The minimum absolute atomic E-state index is 0.395. The van der Waals surface area contributed by atoms with Crippen LogP contribution in [-0.4, -0.2) is 37.3 Å². The first-order valence-corrected chi connectivity index (χ1v) is 8.94. The van der Waals surface area contributed by atoms with E-state index < -0.39 is 10.0 Å². The van der Waals surface area contributed by atoms with Gasteiger partial charge in [0.1, 0.15) is 0 Å². The van der Waals surface area contributed by atoms with Crippen LogP contribution in [0.25, 0.3) is 0 Å². The topological polar surface area (TPSA) is 37.4 Å². The van der Waals surface area contributed by atoms with Crippen LogP contribution in [0.4, 0.5) is 0 Å². The third-order valence-electron chi connectivity index (χ3n) is 2.31. The smallest absolute Gasteiger partial charge is 0.207 e. The first-order chi connectivity index (χ1) is 7.71. The molecule has 1 aromatic carbocycles. The second-order valence-electron chi connectivity index (χ2n) is 3.36. The largest absolute Gasteiger partial charge is 0.243 e. The van der Waals surface area contributed by atoms with Gasteiger partial charge in [-0.25, -0.2) is 8.42 Å². The average molecular weight is 275 g/mol. The minimum Gasteiger partial charge on any atom is -0.207 e. The molecule has 1 fully saturated rings. The molecule has 0 saturated carbocycles. The average Bonchev–Trinajstić information content (AvgIpc) is 2.59. The zero-order valence-electron chi connectivity index (χ0n) is 8.70. The SMILES string of the molecule is O=S(=O)(c1ccccc1)N1CCSSCC1. The maximum atomic E-state index is 12.2. The molecule has 0 aromatic heterocycles. The van der Waals surface area contributed by atoms with E-state index in [1.807, 2.05) is 6.07 Å². The van der Waals surface area contributed by atoms with Crippen LogP contribution in [0.2, 0.25) is 0 Å². The number of sulfonamides is 1. The molecule has 0 atom stereocenters. The Kier molecular flexibility index (Phi) is 4.18.